The van der Waals surface area contributed by atoms with Crippen LogP contribution in [0.15, 0.2) is 37.4 Å². The fourth-order valence-electron chi connectivity index (χ4n) is 3.44. The summed E-state index contributed by atoms with van der Waals surface area (Å²) in [5, 5.41) is 0. The Morgan fingerprint density at radius 3 is 1.04 bits per heavy atom. The van der Waals surface area contributed by atoms with Crippen LogP contribution in [0.5, 0.6) is 0 Å². The Balaban J connectivity index is 1.95. The van der Waals surface area contributed by atoms with Gasteiger partial charge in [-0.1, -0.05) is 0 Å². The van der Waals surface area contributed by atoms with E-state index in [0.717, 1.165) is 55.3 Å². The number of H-pyrrole nitrogens is 4. The first-order valence-electron chi connectivity index (χ1n) is 7.49. The molecule has 2 aromatic carbocycles. The molecule has 0 spiro atoms. The molecule has 4 aromatic heterocycles. The van der Waals surface area contributed by atoms with Crippen LogP contribution in [0.25, 0.3) is 55.3 Å². The van der Waals surface area contributed by atoms with Gasteiger partial charge in [-0.2, -0.15) is 0 Å². The Labute approximate surface area is 133 Å². The van der Waals surface area contributed by atoms with E-state index < -0.39 is 0 Å². The van der Waals surface area contributed by atoms with Gasteiger partial charge in [0.15, 0.2) is 0 Å². The first kappa shape index (κ1) is 11.8. The molecule has 0 amide bonds. The lowest BCUT2D eigenvalue weighted by molar-refractivity contribution is 1.33. The van der Waals surface area contributed by atoms with E-state index in [1.165, 1.54) is 0 Å². The first-order chi connectivity index (χ1) is 11.9. The number of aromatic nitrogens is 8. The van der Waals surface area contributed by atoms with Crippen molar-refractivity contribution in [2.45, 2.75) is 0 Å². The van der Waals surface area contributed by atoms with Crippen molar-refractivity contribution in [2.24, 2.45) is 0 Å². The molecule has 114 valence electrons. The maximum atomic E-state index is 4.52. The molecule has 8 heteroatoms. The summed E-state index contributed by atoms with van der Waals surface area (Å²) < 4.78 is 0. The standard InChI is InChI=1S/C16H10N8/c1-7-13(21-3-17-7)11(14-8(1)18-4-22-14)12-15-9(19-5-23-15)2-10-16(12)24-6-20-10/h1-6H,(H,17,21)(H,18,22)(H,19,23)(H,20,24). The molecule has 0 atom stereocenters. The highest BCUT2D eigenvalue weighted by Crippen LogP contribution is 2.39. The molecule has 0 unspecified atom stereocenters. The van der Waals surface area contributed by atoms with Gasteiger partial charge in [0.25, 0.3) is 0 Å². The maximum Gasteiger partial charge on any atom is 0.0985 e. The third-order valence-corrected chi connectivity index (χ3v) is 4.45. The van der Waals surface area contributed by atoms with Crippen molar-refractivity contribution in [3.05, 3.63) is 37.4 Å². The maximum absolute atomic E-state index is 4.52. The van der Waals surface area contributed by atoms with Crippen LogP contribution < -0.4 is 0 Å². The third kappa shape index (κ3) is 1.33. The van der Waals surface area contributed by atoms with Crippen LogP contribution in [-0.4, -0.2) is 39.9 Å². The van der Waals surface area contributed by atoms with E-state index in [-0.39, 0.29) is 0 Å². The summed E-state index contributed by atoms with van der Waals surface area (Å²) in [6.07, 6.45) is 6.78. The van der Waals surface area contributed by atoms with Crippen molar-refractivity contribution in [3.8, 4) is 11.1 Å². The van der Waals surface area contributed by atoms with E-state index in [4.69, 9.17) is 0 Å². The lowest BCUT2D eigenvalue weighted by atomic mass is 9.99. The van der Waals surface area contributed by atoms with Crippen LogP contribution in [0.4, 0.5) is 0 Å². The monoisotopic (exact) mass is 314 g/mol. The number of benzene rings is 2. The summed E-state index contributed by atoms with van der Waals surface area (Å²) in [4.78, 5) is 30.8. The Morgan fingerprint density at radius 2 is 0.750 bits per heavy atom. The average Bonchev–Trinajstić information content (AvgIpc) is 3.34. The summed E-state index contributed by atoms with van der Waals surface area (Å²) in [6, 6.07) is 4.03. The number of imidazole rings is 4. The van der Waals surface area contributed by atoms with E-state index in [0.29, 0.717) is 0 Å². The summed E-state index contributed by atoms with van der Waals surface area (Å²) in [6.45, 7) is 0. The van der Waals surface area contributed by atoms with Gasteiger partial charge in [-0.15, -0.1) is 0 Å². The third-order valence-electron chi connectivity index (χ3n) is 4.45. The fraction of sp³-hybridized carbons (Fsp3) is 0. The molecule has 0 aliphatic carbocycles. The topological polar surface area (TPSA) is 115 Å². The Morgan fingerprint density at radius 1 is 0.458 bits per heavy atom. The minimum atomic E-state index is 0.856. The lowest BCUT2D eigenvalue weighted by Gasteiger charge is -2.07. The zero-order valence-electron chi connectivity index (χ0n) is 12.3. The van der Waals surface area contributed by atoms with Crippen molar-refractivity contribution >= 4 is 44.1 Å². The molecule has 0 radical (unpaired) electrons. The van der Waals surface area contributed by atoms with E-state index in [2.05, 4.69) is 39.9 Å². The second-order valence-corrected chi connectivity index (χ2v) is 5.70. The van der Waals surface area contributed by atoms with E-state index >= 15 is 0 Å². The van der Waals surface area contributed by atoms with Crippen LogP contribution in [-0.2, 0) is 0 Å². The van der Waals surface area contributed by atoms with Gasteiger partial charge in [0.05, 0.1) is 69.4 Å². The normalized spacial score (nSPS) is 12.2. The van der Waals surface area contributed by atoms with Crippen molar-refractivity contribution < 1.29 is 0 Å². The number of aromatic amines is 4. The van der Waals surface area contributed by atoms with E-state index in [9.17, 15) is 0 Å². The van der Waals surface area contributed by atoms with Crippen LogP contribution in [0.1, 0.15) is 0 Å². The van der Waals surface area contributed by atoms with Crippen LogP contribution >= 0.6 is 0 Å². The van der Waals surface area contributed by atoms with Gasteiger partial charge >= 0.3 is 0 Å². The van der Waals surface area contributed by atoms with Gasteiger partial charge in [-0.05, 0) is 12.1 Å². The van der Waals surface area contributed by atoms with Crippen molar-refractivity contribution in [2.75, 3.05) is 0 Å². The fourth-order valence-corrected chi connectivity index (χ4v) is 3.44. The highest BCUT2D eigenvalue weighted by Gasteiger charge is 2.21. The summed E-state index contributed by atoms with van der Waals surface area (Å²) in [5.41, 5.74) is 9.05. The molecule has 0 saturated heterocycles. The summed E-state index contributed by atoms with van der Waals surface area (Å²) >= 11 is 0. The molecule has 8 nitrogen and oxygen atoms in total. The molecule has 0 aliphatic rings. The van der Waals surface area contributed by atoms with Crippen molar-refractivity contribution in [1.82, 2.24) is 39.9 Å². The first-order valence-corrected chi connectivity index (χ1v) is 7.49. The van der Waals surface area contributed by atoms with E-state index in [1.807, 2.05) is 12.1 Å². The second kappa shape index (κ2) is 3.99. The van der Waals surface area contributed by atoms with Gasteiger partial charge in [-0.3, -0.25) is 0 Å². The Hall–Kier alpha value is -3.68. The number of hydrogen-bond acceptors (Lipinski definition) is 4. The van der Waals surface area contributed by atoms with Gasteiger partial charge < -0.3 is 19.9 Å². The molecular weight excluding hydrogens is 304 g/mol. The summed E-state index contributed by atoms with van der Waals surface area (Å²) in [7, 11) is 0. The molecule has 0 bridgehead atoms. The minimum absolute atomic E-state index is 0.856. The predicted molar refractivity (Wildman–Crippen MR) is 90.5 cm³/mol. The minimum Gasteiger partial charge on any atom is -0.345 e. The molecule has 0 saturated carbocycles. The molecule has 0 aliphatic heterocycles. The van der Waals surface area contributed by atoms with Gasteiger partial charge in [0, 0.05) is 11.1 Å². The highest BCUT2D eigenvalue weighted by atomic mass is 14.9. The molecule has 6 rings (SSSR count). The van der Waals surface area contributed by atoms with Crippen molar-refractivity contribution in [1.29, 1.82) is 0 Å². The molecule has 0 fully saturated rings. The van der Waals surface area contributed by atoms with E-state index in [1.54, 1.807) is 25.3 Å². The average molecular weight is 314 g/mol. The van der Waals surface area contributed by atoms with Crippen molar-refractivity contribution in [3.63, 3.8) is 0 Å². The zero-order chi connectivity index (χ0) is 15.7. The lowest BCUT2D eigenvalue weighted by Crippen LogP contribution is -1.89. The van der Waals surface area contributed by atoms with Crippen LogP contribution in [0.2, 0.25) is 0 Å². The largest absolute Gasteiger partial charge is 0.345 e. The van der Waals surface area contributed by atoms with Gasteiger partial charge in [0.1, 0.15) is 0 Å². The van der Waals surface area contributed by atoms with Gasteiger partial charge in [-0.25, -0.2) is 19.9 Å². The number of fused-ring (bicyclic) bond motifs is 4. The smallest absolute Gasteiger partial charge is 0.0985 e. The zero-order valence-corrected chi connectivity index (χ0v) is 12.3. The number of nitrogens with one attached hydrogen (secondary N) is 4. The number of rotatable bonds is 1. The second-order valence-electron chi connectivity index (χ2n) is 5.70. The van der Waals surface area contributed by atoms with Crippen LogP contribution in [0, 0.1) is 0 Å². The Kier molecular flexibility index (Phi) is 1.97. The predicted octanol–water partition coefficient (Wildman–Crippen LogP) is 2.86. The molecule has 6 aromatic rings. The Bertz CT molecular complexity index is 1160. The number of nitrogens with zero attached hydrogens (tertiary/aromatic N) is 4. The molecular formula is C16H10N8. The van der Waals surface area contributed by atoms with Gasteiger partial charge in [0.2, 0.25) is 0 Å². The number of hydrogen-bond donors (Lipinski definition) is 4. The van der Waals surface area contributed by atoms with Crippen LogP contribution in [0.3, 0.4) is 0 Å². The summed E-state index contributed by atoms with van der Waals surface area (Å²) in [5.74, 6) is 0. The molecule has 4 N–H and O–H groups in total. The quantitative estimate of drug-likeness (QED) is 0.373. The highest BCUT2D eigenvalue weighted by molar-refractivity contribution is 6.18. The molecule has 4 heterocycles. The SMILES string of the molecule is c1nc2c(-c3c4nc[nH]c4cc4[nH]cnc34)c3nc[nH]c3cc2[nH]1. The molecule has 24 heavy (non-hydrogen) atoms.